The third kappa shape index (κ3) is 5.57. The number of amides is 1. The van der Waals surface area contributed by atoms with E-state index in [1.807, 2.05) is 6.07 Å². The van der Waals surface area contributed by atoms with Crippen LogP contribution in [0.2, 0.25) is 0 Å². The molecular formula is C18H18FN3O3S. The van der Waals surface area contributed by atoms with Gasteiger partial charge in [-0.2, -0.15) is 5.26 Å². The molecule has 0 spiro atoms. The highest BCUT2D eigenvalue weighted by atomic mass is 32.2. The molecule has 2 rings (SSSR count). The SMILES string of the molecule is CS(=O)(=O)N(CCNC(=O)Cc1cccc(F)c1)c1ccc(C#N)cc1. The second kappa shape index (κ2) is 8.45. The van der Waals surface area contributed by atoms with Gasteiger partial charge in [-0.05, 0) is 42.0 Å². The number of hydrogen-bond acceptors (Lipinski definition) is 4. The Labute approximate surface area is 151 Å². The van der Waals surface area contributed by atoms with E-state index in [4.69, 9.17) is 5.26 Å². The van der Waals surface area contributed by atoms with Gasteiger partial charge in [0.05, 0.1) is 36.5 Å². The summed E-state index contributed by atoms with van der Waals surface area (Å²) in [5, 5.41) is 11.4. The molecule has 6 nitrogen and oxygen atoms in total. The minimum absolute atomic E-state index is 0.00744. The zero-order chi connectivity index (χ0) is 19.2. The van der Waals surface area contributed by atoms with Crippen LogP contribution in [0.5, 0.6) is 0 Å². The fraction of sp³-hybridized carbons (Fsp3) is 0.222. The predicted octanol–water partition coefficient (Wildman–Crippen LogP) is 1.82. The Morgan fingerprint density at radius 1 is 1.23 bits per heavy atom. The lowest BCUT2D eigenvalue weighted by Gasteiger charge is -2.22. The second-order valence-electron chi connectivity index (χ2n) is 5.65. The van der Waals surface area contributed by atoms with E-state index in [1.165, 1.54) is 42.5 Å². The summed E-state index contributed by atoms with van der Waals surface area (Å²) in [7, 11) is -3.55. The first-order chi connectivity index (χ1) is 12.3. The van der Waals surface area contributed by atoms with Gasteiger partial charge in [0.25, 0.3) is 0 Å². The lowest BCUT2D eigenvalue weighted by molar-refractivity contribution is -0.120. The fourth-order valence-corrected chi connectivity index (χ4v) is 3.31. The normalized spacial score (nSPS) is 10.8. The van der Waals surface area contributed by atoms with Crippen LogP contribution >= 0.6 is 0 Å². The third-order valence-corrected chi connectivity index (χ3v) is 4.77. The van der Waals surface area contributed by atoms with Crippen LogP contribution in [0.25, 0.3) is 0 Å². The molecule has 2 aromatic carbocycles. The van der Waals surface area contributed by atoms with Gasteiger partial charge in [-0.3, -0.25) is 9.10 Å². The average molecular weight is 375 g/mol. The van der Waals surface area contributed by atoms with Gasteiger partial charge in [0.15, 0.2) is 0 Å². The molecule has 1 amide bonds. The van der Waals surface area contributed by atoms with Gasteiger partial charge < -0.3 is 5.32 Å². The first-order valence-electron chi connectivity index (χ1n) is 7.78. The standard InChI is InChI=1S/C18H18FN3O3S/c1-26(24,25)22(17-7-5-14(13-20)6-8-17)10-9-21-18(23)12-15-3-2-4-16(19)11-15/h2-8,11H,9-10,12H2,1H3,(H,21,23). The van der Waals surface area contributed by atoms with E-state index in [2.05, 4.69) is 5.32 Å². The number of benzene rings is 2. The maximum Gasteiger partial charge on any atom is 0.232 e. The van der Waals surface area contributed by atoms with Gasteiger partial charge in [0.1, 0.15) is 5.82 Å². The smallest absolute Gasteiger partial charge is 0.232 e. The summed E-state index contributed by atoms with van der Waals surface area (Å²) in [4.78, 5) is 11.9. The summed E-state index contributed by atoms with van der Waals surface area (Å²) in [6.07, 6.45) is 1.08. The number of halogens is 1. The van der Waals surface area contributed by atoms with E-state index >= 15 is 0 Å². The Hall–Kier alpha value is -2.92. The van der Waals surface area contributed by atoms with Gasteiger partial charge in [0, 0.05) is 6.54 Å². The van der Waals surface area contributed by atoms with Crippen LogP contribution in [-0.4, -0.2) is 33.7 Å². The number of hydrogen-bond donors (Lipinski definition) is 1. The van der Waals surface area contributed by atoms with Crippen molar-refractivity contribution in [3.05, 3.63) is 65.5 Å². The van der Waals surface area contributed by atoms with Crippen molar-refractivity contribution in [1.29, 1.82) is 5.26 Å². The van der Waals surface area contributed by atoms with E-state index in [9.17, 15) is 17.6 Å². The number of carbonyl (C=O) groups is 1. The summed E-state index contributed by atoms with van der Waals surface area (Å²) in [6.45, 7) is 0.140. The van der Waals surface area contributed by atoms with Crippen molar-refractivity contribution in [1.82, 2.24) is 5.32 Å². The van der Waals surface area contributed by atoms with Crippen LogP contribution in [0, 0.1) is 17.1 Å². The molecule has 2 aromatic rings. The second-order valence-corrected chi connectivity index (χ2v) is 7.56. The van der Waals surface area contributed by atoms with Crippen LogP contribution in [0.1, 0.15) is 11.1 Å². The molecule has 0 aliphatic heterocycles. The molecule has 0 fully saturated rings. The van der Waals surface area contributed by atoms with Crippen LogP contribution < -0.4 is 9.62 Å². The maximum atomic E-state index is 13.1. The van der Waals surface area contributed by atoms with Gasteiger partial charge in [-0.15, -0.1) is 0 Å². The van der Waals surface area contributed by atoms with E-state index in [-0.39, 0.29) is 25.4 Å². The Kier molecular flexibility index (Phi) is 6.31. The zero-order valence-electron chi connectivity index (χ0n) is 14.1. The highest BCUT2D eigenvalue weighted by molar-refractivity contribution is 7.92. The minimum Gasteiger partial charge on any atom is -0.354 e. The Bertz CT molecular complexity index is 921. The quantitative estimate of drug-likeness (QED) is 0.799. The fourth-order valence-electron chi connectivity index (χ4n) is 2.38. The van der Waals surface area contributed by atoms with Crippen molar-refractivity contribution < 1.29 is 17.6 Å². The van der Waals surface area contributed by atoms with E-state index in [1.54, 1.807) is 6.07 Å². The van der Waals surface area contributed by atoms with E-state index in [0.717, 1.165) is 10.6 Å². The highest BCUT2D eigenvalue weighted by Crippen LogP contribution is 2.17. The third-order valence-electron chi connectivity index (χ3n) is 3.58. The molecule has 8 heteroatoms. The Morgan fingerprint density at radius 2 is 1.92 bits per heavy atom. The lowest BCUT2D eigenvalue weighted by Crippen LogP contribution is -2.38. The average Bonchev–Trinajstić information content (AvgIpc) is 2.58. The molecule has 0 aliphatic carbocycles. The van der Waals surface area contributed by atoms with Gasteiger partial charge in [0.2, 0.25) is 15.9 Å². The van der Waals surface area contributed by atoms with E-state index in [0.29, 0.717) is 16.8 Å². The minimum atomic E-state index is -3.55. The van der Waals surface area contributed by atoms with Crippen LogP contribution in [0.15, 0.2) is 48.5 Å². The largest absolute Gasteiger partial charge is 0.354 e. The van der Waals surface area contributed by atoms with Crippen LogP contribution in [0.3, 0.4) is 0 Å². The Balaban J connectivity index is 1.97. The molecule has 0 bridgehead atoms. The Morgan fingerprint density at radius 3 is 2.50 bits per heavy atom. The summed E-state index contributed by atoms with van der Waals surface area (Å²) >= 11 is 0. The number of nitrogens with zero attached hydrogens (tertiary/aromatic N) is 2. The van der Waals surface area contributed by atoms with E-state index < -0.39 is 15.8 Å². The van der Waals surface area contributed by atoms with Crippen molar-refractivity contribution in [3.8, 4) is 6.07 Å². The van der Waals surface area contributed by atoms with Crippen molar-refractivity contribution >= 4 is 21.6 Å². The zero-order valence-corrected chi connectivity index (χ0v) is 15.0. The van der Waals surface area contributed by atoms with Crippen LogP contribution in [0.4, 0.5) is 10.1 Å². The van der Waals surface area contributed by atoms with Gasteiger partial charge in [-0.1, -0.05) is 12.1 Å². The number of anilines is 1. The van der Waals surface area contributed by atoms with Gasteiger partial charge >= 0.3 is 0 Å². The molecule has 136 valence electrons. The first-order valence-corrected chi connectivity index (χ1v) is 9.63. The molecule has 0 saturated heterocycles. The molecule has 0 aliphatic rings. The summed E-state index contributed by atoms with van der Waals surface area (Å²) in [5.74, 6) is -0.747. The number of rotatable bonds is 7. The van der Waals surface area contributed by atoms with Crippen molar-refractivity contribution in [2.24, 2.45) is 0 Å². The number of carbonyl (C=O) groups excluding carboxylic acids is 1. The molecule has 0 atom stereocenters. The summed E-state index contributed by atoms with van der Waals surface area (Å²) in [6, 6.07) is 13.8. The topological polar surface area (TPSA) is 90.3 Å². The molecule has 0 saturated carbocycles. The lowest BCUT2D eigenvalue weighted by atomic mass is 10.1. The predicted molar refractivity (Wildman–Crippen MR) is 96.5 cm³/mol. The number of nitriles is 1. The van der Waals surface area contributed by atoms with Crippen molar-refractivity contribution in [2.75, 3.05) is 23.7 Å². The molecule has 0 unspecified atom stereocenters. The van der Waals surface area contributed by atoms with Crippen LogP contribution in [-0.2, 0) is 21.2 Å². The summed E-state index contributed by atoms with van der Waals surface area (Å²) < 4.78 is 38.3. The van der Waals surface area contributed by atoms with Crippen molar-refractivity contribution in [3.63, 3.8) is 0 Å². The molecule has 1 N–H and O–H groups in total. The number of nitrogens with one attached hydrogen (secondary N) is 1. The summed E-state index contributed by atoms with van der Waals surface area (Å²) in [5.41, 5.74) is 1.37. The molecular weight excluding hydrogens is 357 g/mol. The molecule has 0 aromatic heterocycles. The molecule has 26 heavy (non-hydrogen) atoms. The molecule has 0 radical (unpaired) electrons. The van der Waals surface area contributed by atoms with Gasteiger partial charge in [-0.25, -0.2) is 12.8 Å². The highest BCUT2D eigenvalue weighted by Gasteiger charge is 2.17. The maximum absolute atomic E-state index is 13.1. The van der Waals surface area contributed by atoms with Crippen molar-refractivity contribution in [2.45, 2.75) is 6.42 Å². The molecule has 0 heterocycles. The number of sulfonamides is 1. The first kappa shape index (κ1) is 19.4. The monoisotopic (exact) mass is 375 g/mol.